The highest BCUT2D eigenvalue weighted by atomic mass is 35.5. The van der Waals surface area contributed by atoms with Crippen molar-refractivity contribution in [2.24, 2.45) is 7.05 Å². The van der Waals surface area contributed by atoms with Gasteiger partial charge in [0, 0.05) is 17.3 Å². The number of pyridine rings is 1. The number of rotatable bonds is 3. The molecule has 1 aliphatic rings. The largest absolute Gasteiger partial charge is 0.427 e. The summed E-state index contributed by atoms with van der Waals surface area (Å²) < 4.78 is 19.4. The SMILES string of the molecule is Cn1nnc(-c2ccc(-c3ccc(N4C[C@@H](Cl)OC4=O)cc3F)cn2)n1. The van der Waals surface area contributed by atoms with Gasteiger partial charge in [0.1, 0.15) is 11.5 Å². The lowest BCUT2D eigenvalue weighted by Crippen LogP contribution is -2.23. The Labute approximate surface area is 152 Å². The third-order valence-electron chi connectivity index (χ3n) is 3.85. The average molecular weight is 375 g/mol. The first-order valence-electron chi connectivity index (χ1n) is 7.64. The van der Waals surface area contributed by atoms with E-state index in [9.17, 15) is 9.18 Å². The Bertz CT molecular complexity index is 977. The number of amides is 1. The molecule has 0 unspecified atom stereocenters. The van der Waals surface area contributed by atoms with Crippen LogP contribution >= 0.6 is 11.6 Å². The Morgan fingerprint density at radius 3 is 2.73 bits per heavy atom. The molecule has 10 heteroatoms. The standard InChI is InChI=1S/C16H12ClFN6O2/c1-23-21-15(20-22-23)13-5-2-9(7-19-13)11-4-3-10(6-12(11)18)24-8-14(17)26-16(24)25/h2-7,14H,8H2,1H3/t14-/m0/s1. The normalized spacial score (nSPS) is 16.8. The van der Waals surface area contributed by atoms with Crippen molar-refractivity contribution in [2.75, 3.05) is 11.4 Å². The Morgan fingerprint density at radius 2 is 2.15 bits per heavy atom. The van der Waals surface area contributed by atoms with E-state index in [0.717, 1.165) is 0 Å². The van der Waals surface area contributed by atoms with E-state index in [1.165, 1.54) is 22.0 Å². The smallest absolute Gasteiger partial charge is 0.416 e. The van der Waals surface area contributed by atoms with Gasteiger partial charge in [-0.2, -0.15) is 4.80 Å². The van der Waals surface area contributed by atoms with E-state index in [2.05, 4.69) is 20.4 Å². The molecule has 1 aromatic carbocycles. The fraction of sp³-hybridized carbons (Fsp3) is 0.188. The summed E-state index contributed by atoms with van der Waals surface area (Å²) >= 11 is 5.78. The minimum absolute atomic E-state index is 0.167. The maximum atomic E-state index is 14.6. The molecule has 132 valence electrons. The van der Waals surface area contributed by atoms with Crippen LogP contribution in [-0.2, 0) is 11.8 Å². The number of aryl methyl sites for hydroxylation is 1. The number of ether oxygens (including phenoxy) is 1. The van der Waals surface area contributed by atoms with Crippen molar-refractivity contribution in [3.05, 3.63) is 42.3 Å². The number of hydrogen-bond acceptors (Lipinski definition) is 6. The van der Waals surface area contributed by atoms with Crippen LogP contribution in [0.2, 0.25) is 0 Å². The van der Waals surface area contributed by atoms with Crippen LogP contribution in [0.3, 0.4) is 0 Å². The van der Waals surface area contributed by atoms with E-state index in [-0.39, 0.29) is 6.54 Å². The third-order valence-corrected chi connectivity index (χ3v) is 4.08. The number of carbonyl (C=O) groups excluding carboxylic acids is 1. The minimum Gasteiger partial charge on any atom is -0.427 e. The number of halogens is 2. The van der Waals surface area contributed by atoms with Crippen molar-refractivity contribution >= 4 is 23.4 Å². The summed E-state index contributed by atoms with van der Waals surface area (Å²) in [4.78, 5) is 18.6. The van der Waals surface area contributed by atoms with Crippen molar-refractivity contribution in [2.45, 2.75) is 5.56 Å². The molecule has 8 nitrogen and oxygen atoms in total. The molecule has 26 heavy (non-hydrogen) atoms. The van der Waals surface area contributed by atoms with Crippen LogP contribution in [0.4, 0.5) is 14.9 Å². The van der Waals surface area contributed by atoms with Gasteiger partial charge in [0.2, 0.25) is 5.82 Å². The van der Waals surface area contributed by atoms with E-state index in [4.69, 9.17) is 16.3 Å². The van der Waals surface area contributed by atoms with Crippen LogP contribution in [0, 0.1) is 5.82 Å². The Morgan fingerprint density at radius 1 is 1.31 bits per heavy atom. The molecule has 4 rings (SSSR count). The summed E-state index contributed by atoms with van der Waals surface area (Å²) in [5, 5.41) is 11.7. The summed E-state index contributed by atoms with van der Waals surface area (Å²) in [6.07, 6.45) is 0.933. The molecule has 0 spiro atoms. The van der Waals surface area contributed by atoms with Gasteiger partial charge in [0.05, 0.1) is 19.3 Å². The second kappa shape index (κ2) is 6.34. The lowest BCUT2D eigenvalue weighted by molar-refractivity contribution is 0.170. The van der Waals surface area contributed by atoms with Gasteiger partial charge in [0.25, 0.3) is 0 Å². The highest BCUT2D eigenvalue weighted by Crippen LogP contribution is 2.29. The number of alkyl halides is 1. The molecule has 1 atom stereocenters. The van der Waals surface area contributed by atoms with Crippen molar-refractivity contribution in [1.29, 1.82) is 0 Å². The molecule has 0 saturated carbocycles. The molecule has 1 saturated heterocycles. The van der Waals surface area contributed by atoms with Crippen molar-refractivity contribution < 1.29 is 13.9 Å². The Balaban J connectivity index is 1.61. The molecular formula is C16H12ClFN6O2. The van der Waals surface area contributed by atoms with Gasteiger partial charge in [-0.1, -0.05) is 17.7 Å². The third kappa shape index (κ3) is 2.97. The van der Waals surface area contributed by atoms with E-state index in [0.29, 0.717) is 28.3 Å². The maximum absolute atomic E-state index is 14.6. The summed E-state index contributed by atoms with van der Waals surface area (Å²) in [5.74, 6) is -0.0986. The first-order chi connectivity index (χ1) is 12.5. The molecule has 3 aromatic rings. The molecule has 1 aliphatic heterocycles. The second-order valence-electron chi connectivity index (χ2n) is 5.60. The molecule has 0 radical (unpaired) electrons. The van der Waals surface area contributed by atoms with Crippen LogP contribution in [0.1, 0.15) is 0 Å². The van der Waals surface area contributed by atoms with Crippen LogP contribution in [0.15, 0.2) is 36.5 Å². The number of hydrogen-bond donors (Lipinski definition) is 0. The van der Waals surface area contributed by atoms with Crippen LogP contribution < -0.4 is 4.90 Å². The summed E-state index contributed by atoms with van der Waals surface area (Å²) in [7, 11) is 1.66. The highest BCUT2D eigenvalue weighted by Gasteiger charge is 2.31. The second-order valence-corrected chi connectivity index (χ2v) is 6.09. The number of aromatic nitrogens is 5. The fourth-order valence-corrected chi connectivity index (χ4v) is 2.83. The minimum atomic E-state index is -0.739. The molecule has 0 bridgehead atoms. The van der Waals surface area contributed by atoms with Gasteiger partial charge < -0.3 is 4.74 Å². The van der Waals surface area contributed by atoms with Gasteiger partial charge in [-0.05, 0) is 29.5 Å². The predicted octanol–water partition coefficient (Wildman–Crippen LogP) is 2.60. The van der Waals surface area contributed by atoms with Gasteiger partial charge in [-0.15, -0.1) is 10.2 Å². The summed E-state index contributed by atoms with van der Waals surface area (Å²) in [6.45, 7) is 0.167. The van der Waals surface area contributed by atoms with Gasteiger partial charge in [0.15, 0.2) is 5.56 Å². The molecule has 3 heterocycles. The average Bonchev–Trinajstić information content (AvgIpc) is 3.20. The van der Waals surface area contributed by atoms with Crippen LogP contribution in [0.25, 0.3) is 22.6 Å². The molecule has 0 N–H and O–H groups in total. The van der Waals surface area contributed by atoms with E-state index in [1.54, 1.807) is 31.3 Å². The quantitative estimate of drug-likeness (QED) is 0.655. The zero-order valence-corrected chi connectivity index (χ0v) is 14.3. The lowest BCUT2D eigenvalue weighted by atomic mass is 10.1. The number of carbonyl (C=O) groups is 1. The monoisotopic (exact) mass is 374 g/mol. The highest BCUT2D eigenvalue weighted by molar-refractivity contribution is 6.21. The maximum Gasteiger partial charge on any atom is 0.416 e. The Hall–Kier alpha value is -3.07. The van der Waals surface area contributed by atoms with Gasteiger partial charge in [-0.3, -0.25) is 9.88 Å². The van der Waals surface area contributed by atoms with E-state index < -0.39 is 17.5 Å². The first-order valence-corrected chi connectivity index (χ1v) is 8.07. The van der Waals surface area contributed by atoms with Crippen molar-refractivity contribution in [1.82, 2.24) is 25.2 Å². The summed E-state index contributed by atoms with van der Waals surface area (Å²) in [6, 6.07) is 7.89. The van der Waals surface area contributed by atoms with Crippen molar-refractivity contribution in [3.8, 4) is 22.6 Å². The Kier molecular flexibility index (Phi) is 4.00. The molecule has 2 aromatic heterocycles. The van der Waals surface area contributed by atoms with Gasteiger partial charge >= 0.3 is 6.09 Å². The zero-order chi connectivity index (χ0) is 18.3. The lowest BCUT2D eigenvalue weighted by Gasteiger charge is -2.14. The van der Waals surface area contributed by atoms with Gasteiger partial charge in [-0.25, -0.2) is 9.18 Å². The molecular weight excluding hydrogens is 363 g/mol. The first kappa shape index (κ1) is 16.4. The number of tetrazole rings is 1. The summed E-state index contributed by atoms with van der Waals surface area (Å²) in [5.41, 5.74) is 1.12. The zero-order valence-electron chi connectivity index (χ0n) is 13.5. The van der Waals surface area contributed by atoms with Crippen molar-refractivity contribution in [3.63, 3.8) is 0 Å². The molecule has 1 amide bonds. The fourth-order valence-electron chi connectivity index (χ4n) is 2.62. The van der Waals surface area contributed by atoms with Crippen LogP contribution in [0.5, 0.6) is 0 Å². The topological polar surface area (TPSA) is 86.0 Å². The molecule has 0 aliphatic carbocycles. The van der Waals surface area contributed by atoms with E-state index >= 15 is 0 Å². The number of nitrogens with zero attached hydrogens (tertiary/aromatic N) is 6. The molecule has 1 fully saturated rings. The predicted molar refractivity (Wildman–Crippen MR) is 90.9 cm³/mol. The van der Waals surface area contributed by atoms with E-state index in [1.807, 2.05) is 0 Å². The number of benzene rings is 1. The van der Waals surface area contributed by atoms with Crippen LogP contribution in [-0.4, -0.2) is 43.4 Å². The number of cyclic esters (lactones) is 1. The number of anilines is 1.